The predicted octanol–water partition coefficient (Wildman–Crippen LogP) is 3.19. The molecule has 0 saturated heterocycles. The van der Waals surface area contributed by atoms with E-state index in [2.05, 4.69) is 23.1 Å². The van der Waals surface area contributed by atoms with Crippen molar-refractivity contribution >= 4 is 11.5 Å². The van der Waals surface area contributed by atoms with Gasteiger partial charge >= 0.3 is 0 Å². The topological polar surface area (TPSA) is 20.3 Å². The molecule has 0 bridgehead atoms. The normalized spacial score (nSPS) is 23.6. The molecule has 0 radical (unpaired) electrons. The monoisotopic (exact) mass is 227 g/mol. The molecule has 0 spiro atoms. The lowest BCUT2D eigenvalue weighted by molar-refractivity contribution is 0.0979. The van der Waals surface area contributed by atoms with E-state index in [-0.39, 0.29) is 5.78 Å². The molecular weight excluding hydrogens is 210 g/mol. The molecule has 1 atom stereocenters. The molecule has 0 saturated carbocycles. The van der Waals surface area contributed by atoms with Crippen molar-refractivity contribution in [2.75, 3.05) is 11.4 Å². The van der Waals surface area contributed by atoms with E-state index in [0.717, 1.165) is 17.8 Å². The maximum absolute atomic E-state index is 11.9. The van der Waals surface area contributed by atoms with Gasteiger partial charge in [0.25, 0.3) is 0 Å². The van der Waals surface area contributed by atoms with Gasteiger partial charge in [0, 0.05) is 30.3 Å². The standard InChI is InChI=1S/C15H17NO/c17-15-10-11-16(12-6-2-1-3-7-12)14-9-5-4-8-13(14)15/h2,4-6,8-9,12H,1,3,7,10-11H2. The Labute approximate surface area is 102 Å². The van der Waals surface area contributed by atoms with Crippen LogP contribution in [0.5, 0.6) is 0 Å². The second-order valence-electron chi connectivity index (χ2n) is 4.81. The molecule has 0 amide bonds. The maximum Gasteiger partial charge on any atom is 0.166 e. The molecule has 88 valence electrons. The minimum atomic E-state index is 0.289. The number of allylic oxidation sites excluding steroid dienone is 1. The van der Waals surface area contributed by atoms with Crippen LogP contribution in [0, 0.1) is 0 Å². The van der Waals surface area contributed by atoms with E-state index in [1.54, 1.807) is 0 Å². The summed E-state index contributed by atoms with van der Waals surface area (Å²) in [6, 6.07) is 8.50. The molecular formula is C15H17NO. The zero-order valence-electron chi connectivity index (χ0n) is 9.93. The average molecular weight is 227 g/mol. The Kier molecular flexibility index (Phi) is 2.71. The molecule has 0 aromatic heterocycles. The molecule has 2 heteroatoms. The van der Waals surface area contributed by atoms with Crippen LogP contribution in [0.1, 0.15) is 36.0 Å². The van der Waals surface area contributed by atoms with Crippen molar-refractivity contribution in [3.05, 3.63) is 42.0 Å². The summed E-state index contributed by atoms with van der Waals surface area (Å²) >= 11 is 0. The Bertz CT molecular complexity index is 464. The molecule has 3 rings (SSSR count). The minimum absolute atomic E-state index is 0.289. The van der Waals surface area contributed by atoms with Crippen LogP contribution in [0.15, 0.2) is 36.4 Å². The van der Waals surface area contributed by atoms with Gasteiger partial charge in [-0.25, -0.2) is 0 Å². The average Bonchev–Trinajstić information content (AvgIpc) is 2.41. The van der Waals surface area contributed by atoms with Gasteiger partial charge in [0.1, 0.15) is 0 Å². The van der Waals surface area contributed by atoms with Crippen LogP contribution in [0.25, 0.3) is 0 Å². The molecule has 2 aliphatic rings. The summed E-state index contributed by atoms with van der Waals surface area (Å²) in [5.74, 6) is 0.289. The highest BCUT2D eigenvalue weighted by Gasteiger charge is 2.26. The van der Waals surface area contributed by atoms with E-state index in [1.165, 1.54) is 19.3 Å². The quantitative estimate of drug-likeness (QED) is 0.687. The second-order valence-corrected chi connectivity index (χ2v) is 4.81. The second kappa shape index (κ2) is 4.36. The highest BCUT2D eigenvalue weighted by molar-refractivity contribution is 6.03. The number of Topliss-reactive ketones (excluding diaryl/α,β-unsaturated/α-hetero) is 1. The fourth-order valence-electron chi connectivity index (χ4n) is 2.84. The summed E-state index contributed by atoms with van der Waals surface area (Å²) < 4.78 is 0. The van der Waals surface area contributed by atoms with Crippen LogP contribution < -0.4 is 4.90 Å². The summed E-state index contributed by atoms with van der Waals surface area (Å²) in [4.78, 5) is 14.3. The van der Waals surface area contributed by atoms with Gasteiger partial charge < -0.3 is 4.90 Å². The van der Waals surface area contributed by atoms with Crippen molar-refractivity contribution < 1.29 is 4.79 Å². The Morgan fingerprint density at radius 3 is 2.94 bits per heavy atom. The number of rotatable bonds is 1. The largest absolute Gasteiger partial charge is 0.364 e. The number of para-hydroxylation sites is 1. The molecule has 1 heterocycles. The Balaban J connectivity index is 1.97. The fraction of sp³-hybridized carbons (Fsp3) is 0.400. The summed E-state index contributed by atoms with van der Waals surface area (Å²) in [6.45, 7) is 0.866. The first-order chi connectivity index (χ1) is 8.36. The van der Waals surface area contributed by atoms with Crippen LogP contribution in [0.2, 0.25) is 0 Å². The number of carbonyl (C=O) groups excluding carboxylic acids is 1. The van der Waals surface area contributed by atoms with E-state index < -0.39 is 0 Å². The van der Waals surface area contributed by atoms with Crippen LogP contribution >= 0.6 is 0 Å². The SMILES string of the molecule is O=C1CCN(C2C=CCCC2)c2ccccc21. The number of hydrogen-bond acceptors (Lipinski definition) is 2. The molecule has 0 fully saturated rings. The third-order valence-corrected chi connectivity index (χ3v) is 3.72. The highest BCUT2D eigenvalue weighted by atomic mass is 16.1. The Morgan fingerprint density at radius 1 is 1.24 bits per heavy atom. The lowest BCUT2D eigenvalue weighted by Gasteiger charge is -2.37. The van der Waals surface area contributed by atoms with Crippen LogP contribution in [0.3, 0.4) is 0 Å². The summed E-state index contributed by atoms with van der Waals surface area (Å²) in [7, 11) is 0. The zero-order valence-corrected chi connectivity index (χ0v) is 9.93. The Hall–Kier alpha value is -1.57. The van der Waals surface area contributed by atoms with Crippen molar-refractivity contribution in [2.45, 2.75) is 31.7 Å². The summed E-state index contributed by atoms with van der Waals surface area (Å²) in [5, 5.41) is 0. The van der Waals surface area contributed by atoms with Gasteiger partial charge in [0.2, 0.25) is 0 Å². The number of nitrogens with zero attached hydrogens (tertiary/aromatic N) is 1. The van der Waals surface area contributed by atoms with Crippen molar-refractivity contribution in [2.24, 2.45) is 0 Å². The first-order valence-electron chi connectivity index (χ1n) is 6.42. The van der Waals surface area contributed by atoms with Crippen molar-refractivity contribution in [3.8, 4) is 0 Å². The van der Waals surface area contributed by atoms with Crippen molar-refractivity contribution in [1.82, 2.24) is 0 Å². The minimum Gasteiger partial charge on any atom is -0.364 e. The van der Waals surface area contributed by atoms with Gasteiger partial charge in [0.15, 0.2) is 5.78 Å². The number of fused-ring (bicyclic) bond motifs is 1. The molecule has 1 aliphatic carbocycles. The fourth-order valence-corrected chi connectivity index (χ4v) is 2.84. The highest BCUT2D eigenvalue weighted by Crippen LogP contribution is 2.31. The van der Waals surface area contributed by atoms with Crippen molar-refractivity contribution in [3.63, 3.8) is 0 Å². The van der Waals surface area contributed by atoms with Gasteiger partial charge in [0.05, 0.1) is 0 Å². The lowest BCUT2D eigenvalue weighted by atomic mass is 9.95. The third kappa shape index (κ3) is 1.88. The van der Waals surface area contributed by atoms with Gasteiger partial charge in [-0.2, -0.15) is 0 Å². The number of benzene rings is 1. The van der Waals surface area contributed by atoms with Crippen molar-refractivity contribution in [1.29, 1.82) is 0 Å². The molecule has 1 aromatic carbocycles. The van der Waals surface area contributed by atoms with E-state index in [4.69, 9.17) is 0 Å². The number of hydrogen-bond donors (Lipinski definition) is 0. The predicted molar refractivity (Wildman–Crippen MR) is 69.5 cm³/mol. The van der Waals surface area contributed by atoms with Crippen LogP contribution in [-0.4, -0.2) is 18.4 Å². The zero-order chi connectivity index (χ0) is 11.7. The van der Waals surface area contributed by atoms with E-state index in [0.29, 0.717) is 12.5 Å². The smallest absolute Gasteiger partial charge is 0.166 e. The first-order valence-corrected chi connectivity index (χ1v) is 6.42. The molecule has 0 N–H and O–H groups in total. The molecule has 1 unspecified atom stereocenters. The van der Waals surface area contributed by atoms with Gasteiger partial charge in [-0.15, -0.1) is 0 Å². The molecule has 1 aromatic rings. The molecule has 1 aliphatic heterocycles. The Morgan fingerprint density at radius 2 is 2.12 bits per heavy atom. The maximum atomic E-state index is 11.9. The third-order valence-electron chi connectivity index (χ3n) is 3.72. The van der Waals surface area contributed by atoms with Crippen LogP contribution in [-0.2, 0) is 0 Å². The van der Waals surface area contributed by atoms with Crippen LogP contribution in [0.4, 0.5) is 5.69 Å². The number of carbonyl (C=O) groups is 1. The van der Waals surface area contributed by atoms with Gasteiger partial charge in [-0.1, -0.05) is 24.3 Å². The van der Waals surface area contributed by atoms with Gasteiger partial charge in [-0.3, -0.25) is 4.79 Å². The van der Waals surface area contributed by atoms with E-state index in [1.807, 2.05) is 18.2 Å². The lowest BCUT2D eigenvalue weighted by Crippen LogP contribution is -2.40. The summed E-state index contributed by atoms with van der Waals surface area (Å²) in [6.07, 6.45) is 8.89. The number of ketones is 1. The number of anilines is 1. The van der Waals surface area contributed by atoms with E-state index >= 15 is 0 Å². The molecule has 17 heavy (non-hydrogen) atoms. The van der Waals surface area contributed by atoms with E-state index in [9.17, 15) is 4.79 Å². The molecule has 2 nitrogen and oxygen atoms in total. The van der Waals surface area contributed by atoms with Gasteiger partial charge in [-0.05, 0) is 31.4 Å². The summed E-state index contributed by atoms with van der Waals surface area (Å²) in [5.41, 5.74) is 2.03. The first kappa shape index (κ1) is 10.6.